The highest BCUT2D eigenvalue weighted by atomic mass is 35.5. The van der Waals surface area contributed by atoms with Gasteiger partial charge in [0.1, 0.15) is 10.9 Å². The average Bonchev–Trinajstić information content (AvgIpc) is 2.71. The van der Waals surface area contributed by atoms with Crippen LogP contribution in [-0.2, 0) is 16.1 Å². The van der Waals surface area contributed by atoms with E-state index in [4.69, 9.17) is 22.1 Å². The summed E-state index contributed by atoms with van der Waals surface area (Å²) in [6.45, 7) is 7.84. The Balaban J connectivity index is 2.68. The van der Waals surface area contributed by atoms with Gasteiger partial charge < -0.3 is 15.0 Å². The molecular formula is C13H19ClN4O2. The fraction of sp³-hybridized carbons (Fsp3) is 0.462. The number of ether oxygens (including phenoxy) is 1. The van der Waals surface area contributed by atoms with Crippen LogP contribution in [0.5, 0.6) is 0 Å². The van der Waals surface area contributed by atoms with Gasteiger partial charge in [-0.25, -0.2) is 9.98 Å². The quantitative estimate of drug-likeness (QED) is 0.476. The van der Waals surface area contributed by atoms with Crippen LogP contribution in [0.25, 0.3) is 5.70 Å². The second kappa shape index (κ2) is 7.69. The van der Waals surface area contributed by atoms with Gasteiger partial charge in [0.25, 0.3) is 0 Å². The smallest absolute Gasteiger partial charge is 0.302 e. The third-order valence-corrected chi connectivity index (χ3v) is 2.56. The Morgan fingerprint density at radius 3 is 2.80 bits per heavy atom. The molecule has 1 aromatic heterocycles. The summed E-state index contributed by atoms with van der Waals surface area (Å²) in [5.74, 6) is 0.329. The third-order valence-electron chi connectivity index (χ3n) is 2.47. The van der Waals surface area contributed by atoms with E-state index in [0.29, 0.717) is 35.5 Å². The van der Waals surface area contributed by atoms with Crippen molar-refractivity contribution in [3.63, 3.8) is 0 Å². The number of hydrogen-bond acceptors (Lipinski definition) is 5. The summed E-state index contributed by atoms with van der Waals surface area (Å²) in [6, 6.07) is 0. The summed E-state index contributed by atoms with van der Waals surface area (Å²) in [5, 5.41) is 0.397. The number of carbonyl (C=O) groups excluding carboxylic acids is 1. The minimum absolute atomic E-state index is 0.266. The van der Waals surface area contributed by atoms with E-state index >= 15 is 0 Å². The van der Waals surface area contributed by atoms with E-state index in [0.717, 1.165) is 12.8 Å². The lowest BCUT2D eigenvalue weighted by Gasteiger charge is -2.06. The SMILES string of the molecule is C=C(N)c1ncn(CCCCOC(C)=O)c1N=C(C)Cl. The molecule has 0 fully saturated rings. The number of halogens is 1. The molecule has 0 unspecified atom stereocenters. The summed E-state index contributed by atoms with van der Waals surface area (Å²) < 4.78 is 6.73. The summed E-state index contributed by atoms with van der Waals surface area (Å²) in [5.41, 5.74) is 6.55. The Labute approximate surface area is 123 Å². The lowest BCUT2D eigenvalue weighted by atomic mass is 10.3. The molecule has 1 aromatic rings. The van der Waals surface area contributed by atoms with Gasteiger partial charge in [-0.1, -0.05) is 18.2 Å². The molecule has 20 heavy (non-hydrogen) atoms. The van der Waals surface area contributed by atoms with Gasteiger partial charge in [0.05, 0.1) is 18.6 Å². The first-order chi connectivity index (χ1) is 9.41. The van der Waals surface area contributed by atoms with Crippen LogP contribution in [0, 0.1) is 0 Å². The predicted octanol–water partition coefficient (Wildman–Crippen LogP) is 2.44. The topological polar surface area (TPSA) is 82.5 Å². The van der Waals surface area contributed by atoms with Crippen LogP contribution >= 0.6 is 11.6 Å². The van der Waals surface area contributed by atoms with Crippen LogP contribution in [0.2, 0.25) is 0 Å². The molecule has 0 spiro atoms. The lowest BCUT2D eigenvalue weighted by Crippen LogP contribution is -2.03. The van der Waals surface area contributed by atoms with E-state index in [1.165, 1.54) is 6.92 Å². The number of aryl methyl sites for hydroxylation is 1. The van der Waals surface area contributed by atoms with E-state index in [-0.39, 0.29) is 5.97 Å². The zero-order chi connectivity index (χ0) is 15.1. The Hall–Kier alpha value is -1.82. The Kier molecular flexibility index (Phi) is 6.24. The summed E-state index contributed by atoms with van der Waals surface area (Å²) in [4.78, 5) is 19.0. The number of hydrogen-bond donors (Lipinski definition) is 1. The number of imidazole rings is 1. The lowest BCUT2D eigenvalue weighted by molar-refractivity contribution is -0.141. The maximum atomic E-state index is 10.6. The monoisotopic (exact) mass is 298 g/mol. The van der Waals surface area contributed by atoms with Crippen LogP contribution < -0.4 is 5.73 Å². The molecule has 1 rings (SSSR count). The first-order valence-corrected chi connectivity index (χ1v) is 6.63. The first-order valence-electron chi connectivity index (χ1n) is 6.26. The number of aromatic nitrogens is 2. The number of rotatable bonds is 7. The van der Waals surface area contributed by atoms with Gasteiger partial charge >= 0.3 is 5.97 Å². The van der Waals surface area contributed by atoms with Crippen molar-refractivity contribution in [3.05, 3.63) is 18.6 Å². The number of esters is 1. The number of carbonyl (C=O) groups is 1. The standard InChI is InChI=1S/C13H19ClN4O2/c1-9(15)12-13(17-10(2)14)18(8-16-12)6-4-5-7-20-11(3)19/h8H,1,4-7,15H2,2-3H3. The van der Waals surface area contributed by atoms with E-state index < -0.39 is 0 Å². The molecule has 0 amide bonds. The van der Waals surface area contributed by atoms with Gasteiger partial charge in [0.2, 0.25) is 0 Å². The molecule has 0 aromatic carbocycles. The van der Waals surface area contributed by atoms with E-state index in [9.17, 15) is 4.79 Å². The van der Waals surface area contributed by atoms with Gasteiger partial charge in [-0.2, -0.15) is 0 Å². The molecule has 7 heteroatoms. The summed E-state index contributed by atoms with van der Waals surface area (Å²) in [6.07, 6.45) is 3.24. The largest absolute Gasteiger partial charge is 0.466 e. The molecule has 0 atom stereocenters. The first kappa shape index (κ1) is 16.2. The number of aliphatic imine (C=N–C) groups is 1. The number of nitrogens with two attached hydrogens (primary N) is 1. The highest BCUT2D eigenvalue weighted by Crippen LogP contribution is 2.23. The minimum atomic E-state index is -0.266. The molecule has 1 heterocycles. The molecule has 110 valence electrons. The maximum absolute atomic E-state index is 10.6. The van der Waals surface area contributed by atoms with E-state index in [1.54, 1.807) is 13.3 Å². The van der Waals surface area contributed by atoms with Crippen molar-refractivity contribution in [1.82, 2.24) is 9.55 Å². The molecule has 0 saturated heterocycles. The zero-order valence-corrected chi connectivity index (χ0v) is 12.5. The zero-order valence-electron chi connectivity index (χ0n) is 11.7. The fourth-order valence-electron chi connectivity index (χ4n) is 1.63. The Bertz CT molecular complexity index is 518. The summed E-state index contributed by atoms with van der Waals surface area (Å²) in [7, 11) is 0. The highest BCUT2D eigenvalue weighted by Gasteiger charge is 2.11. The van der Waals surface area contributed by atoms with Gasteiger partial charge in [-0.15, -0.1) is 0 Å². The van der Waals surface area contributed by atoms with Crippen molar-refractivity contribution in [3.8, 4) is 0 Å². The molecule has 0 aliphatic rings. The summed E-state index contributed by atoms with van der Waals surface area (Å²) >= 11 is 5.82. The predicted molar refractivity (Wildman–Crippen MR) is 79.9 cm³/mol. The second-order valence-electron chi connectivity index (χ2n) is 4.29. The third kappa shape index (κ3) is 5.05. The molecule has 0 saturated carbocycles. The van der Waals surface area contributed by atoms with Crippen molar-refractivity contribution in [2.24, 2.45) is 10.7 Å². The van der Waals surface area contributed by atoms with Crippen LogP contribution in [0.3, 0.4) is 0 Å². The van der Waals surface area contributed by atoms with Crippen LogP contribution in [0.1, 0.15) is 32.4 Å². The second-order valence-corrected chi connectivity index (χ2v) is 4.84. The molecule has 0 aliphatic heterocycles. The number of unbranched alkanes of at least 4 members (excludes halogenated alkanes) is 1. The Morgan fingerprint density at radius 2 is 2.25 bits per heavy atom. The number of nitrogens with zero attached hydrogens (tertiary/aromatic N) is 3. The van der Waals surface area contributed by atoms with Crippen molar-refractivity contribution < 1.29 is 9.53 Å². The minimum Gasteiger partial charge on any atom is -0.466 e. The molecular weight excluding hydrogens is 280 g/mol. The maximum Gasteiger partial charge on any atom is 0.302 e. The normalized spacial score (nSPS) is 11.4. The Morgan fingerprint density at radius 1 is 1.55 bits per heavy atom. The van der Waals surface area contributed by atoms with Crippen molar-refractivity contribution in [1.29, 1.82) is 0 Å². The molecule has 0 radical (unpaired) electrons. The van der Waals surface area contributed by atoms with Crippen LogP contribution in [0.4, 0.5) is 5.82 Å². The van der Waals surface area contributed by atoms with Gasteiger partial charge in [-0.3, -0.25) is 4.79 Å². The van der Waals surface area contributed by atoms with Crippen molar-refractivity contribution >= 4 is 34.3 Å². The van der Waals surface area contributed by atoms with Crippen LogP contribution in [-0.4, -0.2) is 27.3 Å². The van der Waals surface area contributed by atoms with Crippen molar-refractivity contribution in [2.75, 3.05) is 6.61 Å². The molecule has 0 bridgehead atoms. The molecule has 6 nitrogen and oxygen atoms in total. The van der Waals surface area contributed by atoms with Gasteiger partial charge in [0.15, 0.2) is 5.82 Å². The highest BCUT2D eigenvalue weighted by molar-refractivity contribution is 6.65. The van der Waals surface area contributed by atoms with E-state index in [1.807, 2.05) is 4.57 Å². The average molecular weight is 299 g/mol. The van der Waals surface area contributed by atoms with Gasteiger partial charge in [-0.05, 0) is 19.8 Å². The van der Waals surface area contributed by atoms with Gasteiger partial charge in [0, 0.05) is 13.5 Å². The van der Waals surface area contributed by atoms with Crippen LogP contribution in [0.15, 0.2) is 17.9 Å². The van der Waals surface area contributed by atoms with Crippen molar-refractivity contribution in [2.45, 2.75) is 33.2 Å². The fourth-order valence-corrected chi connectivity index (χ4v) is 1.71. The molecule has 2 N–H and O–H groups in total. The van der Waals surface area contributed by atoms with E-state index in [2.05, 4.69) is 16.6 Å². The molecule has 0 aliphatic carbocycles.